The molecule has 0 aliphatic heterocycles. The molecule has 0 aromatic heterocycles. The zero-order valence-corrected chi connectivity index (χ0v) is 10.7. The van der Waals surface area contributed by atoms with E-state index in [4.69, 9.17) is 4.84 Å². The third kappa shape index (κ3) is 4.59. The maximum atomic E-state index is 12.7. The van der Waals surface area contributed by atoms with Gasteiger partial charge in [-0.15, -0.1) is 0 Å². The molecule has 0 spiro atoms. The summed E-state index contributed by atoms with van der Waals surface area (Å²) in [5.74, 6) is -0.363. The average Bonchev–Trinajstić information content (AvgIpc) is 2.45. The van der Waals surface area contributed by atoms with Gasteiger partial charge in [-0.25, -0.2) is 4.39 Å². The summed E-state index contributed by atoms with van der Waals surface area (Å²) in [6, 6.07) is 10.2. The molecule has 0 saturated carbocycles. The smallest absolute Gasteiger partial charge is 0.390 e. The molecule has 0 fully saturated rings. The zero-order valence-electron chi connectivity index (χ0n) is 10.7. The number of nitrogens with zero attached hydrogens (tertiary/aromatic N) is 1. The van der Waals surface area contributed by atoms with Gasteiger partial charge in [-0.05, 0) is 29.8 Å². The van der Waals surface area contributed by atoms with Crippen LogP contribution in [0.4, 0.5) is 17.6 Å². The second-order valence-corrected chi connectivity index (χ2v) is 4.18. The van der Waals surface area contributed by atoms with Crippen molar-refractivity contribution < 1.29 is 22.4 Å². The molecule has 109 valence electrons. The Balaban J connectivity index is 1.94. The van der Waals surface area contributed by atoms with Gasteiger partial charge in [0.2, 0.25) is 0 Å². The number of alkyl halides is 3. The predicted molar refractivity (Wildman–Crippen MR) is 69.2 cm³/mol. The van der Waals surface area contributed by atoms with Gasteiger partial charge in [-0.2, -0.15) is 13.2 Å². The van der Waals surface area contributed by atoms with Gasteiger partial charge in [0.1, 0.15) is 18.6 Å². The minimum atomic E-state index is -4.41. The van der Waals surface area contributed by atoms with Crippen molar-refractivity contribution in [2.24, 2.45) is 5.16 Å². The highest BCUT2D eigenvalue weighted by Crippen LogP contribution is 2.29. The monoisotopic (exact) mass is 296 g/mol. The molecular weight excluding hydrogens is 286 g/mol. The van der Waals surface area contributed by atoms with Crippen LogP contribution in [0.1, 0.15) is 16.7 Å². The minimum Gasteiger partial charge on any atom is -0.390 e. The number of hydrogen-bond donors (Lipinski definition) is 0. The standard InChI is InChI=1S/C15H10F4NO/c16-14-6-4-11(5-7-14)10-21-20-9-12-2-1-3-13(8-12)15(17,18)19/h1-8H,10H2. The van der Waals surface area contributed by atoms with Crippen LogP contribution < -0.4 is 0 Å². The molecule has 2 aromatic rings. The van der Waals surface area contributed by atoms with Crippen LogP contribution in [0.5, 0.6) is 0 Å². The molecule has 2 aromatic carbocycles. The molecule has 0 saturated heterocycles. The summed E-state index contributed by atoms with van der Waals surface area (Å²) in [5.41, 5.74) is 0.0659. The zero-order chi connectivity index (χ0) is 15.3. The van der Waals surface area contributed by atoms with Gasteiger partial charge in [0.15, 0.2) is 0 Å². The van der Waals surface area contributed by atoms with E-state index in [9.17, 15) is 17.6 Å². The lowest BCUT2D eigenvalue weighted by atomic mass is 10.1. The molecule has 0 N–H and O–H groups in total. The van der Waals surface area contributed by atoms with Gasteiger partial charge in [0.05, 0.1) is 5.56 Å². The molecule has 0 atom stereocenters. The van der Waals surface area contributed by atoms with Crippen molar-refractivity contribution in [2.45, 2.75) is 12.8 Å². The van der Waals surface area contributed by atoms with Crippen molar-refractivity contribution in [1.82, 2.24) is 0 Å². The third-order valence-corrected chi connectivity index (χ3v) is 2.57. The van der Waals surface area contributed by atoms with Crippen LogP contribution in [0.2, 0.25) is 0 Å². The van der Waals surface area contributed by atoms with E-state index in [0.29, 0.717) is 5.56 Å². The maximum Gasteiger partial charge on any atom is 0.416 e. The van der Waals surface area contributed by atoms with Gasteiger partial charge in [0.25, 0.3) is 0 Å². The topological polar surface area (TPSA) is 21.6 Å². The Kier molecular flexibility index (Phi) is 4.57. The molecule has 2 nitrogen and oxygen atoms in total. The molecule has 0 aliphatic rings. The molecular formula is C15H10F4NO. The Morgan fingerprint density at radius 3 is 2.43 bits per heavy atom. The molecule has 0 unspecified atom stereocenters. The van der Waals surface area contributed by atoms with Crippen molar-refractivity contribution in [1.29, 1.82) is 0 Å². The summed E-state index contributed by atoms with van der Waals surface area (Å²) < 4.78 is 50.1. The van der Waals surface area contributed by atoms with Gasteiger partial charge in [-0.1, -0.05) is 29.4 Å². The second-order valence-electron chi connectivity index (χ2n) is 4.18. The van der Waals surface area contributed by atoms with E-state index in [1.165, 1.54) is 36.4 Å². The Labute approximate surface area is 118 Å². The molecule has 0 heterocycles. The normalized spacial score (nSPS) is 11.8. The molecule has 2 rings (SSSR count). The van der Waals surface area contributed by atoms with Crippen LogP contribution in [-0.4, -0.2) is 6.21 Å². The summed E-state index contributed by atoms with van der Waals surface area (Å²) in [6.07, 6.45) is -2.04. The van der Waals surface area contributed by atoms with E-state index in [1.54, 1.807) is 0 Å². The lowest BCUT2D eigenvalue weighted by molar-refractivity contribution is -0.137. The van der Waals surface area contributed by atoms with Crippen LogP contribution in [-0.2, 0) is 17.6 Å². The first kappa shape index (κ1) is 15.0. The number of rotatable bonds is 4. The molecule has 6 heteroatoms. The number of hydrogen-bond acceptors (Lipinski definition) is 2. The van der Waals surface area contributed by atoms with Crippen LogP contribution in [0.3, 0.4) is 0 Å². The summed E-state index contributed by atoms with van der Waals surface area (Å²) in [7, 11) is 0. The Hall–Kier alpha value is -2.37. The Morgan fingerprint density at radius 1 is 1.05 bits per heavy atom. The lowest BCUT2D eigenvalue weighted by Gasteiger charge is -2.06. The Bertz CT molecular complexity index is 620. The SMILES string of the molecule is Fc1ccc(CO/N=[C]\c2cccc(C(F)(F)F)c2)cc1. The number of halogens is 4. The summed E-state index contributed by atoms with van der Waals surface area (Å²) in [4.78, 5) is 4.90. The van der Waals surface area contributed by atoms with E-state index in [2.05, 4.69) is 11.4 Å². The van der Waals surface area contributed by atoms with E-state index >= 15 is 0 Å². The summed E-state index contributed by atoms with van der Waals surface area (Å²) in [5, 5.41) is 3.47. The van der Waals surface area contributed by atoms with E-state index in [0.717, 1.165) is 12.1 Å². The van der Waals surface area contributed by atoms with E-state index in [-0.39, 0.29) is 18.0 Å². The van der Waals surface area contributed by atoms with Crippen molar-refractivity contribution in [3.05, 3.63) is 71.0 Å². The first-order chi connectivity index (χ1) is 9.95. The van der Waals surface area contributed by atoms with Gasteiger partial charge >= 0.3 is 6.18 Å². The molecule has 0 amide bonds. The quantitative estimate of drug-likeness (QED) is 0.469. The fourth-order valence-electron chi connectivity index (χ4n) is 1.54. The second kappa shape index (κ2) is 6.39. The first-order valence-corrected chi connectivity index (χ1v) is 5.95. The van der Waals surface area contributed by atoms with Crippen LogP contribution in [0.15, 0.2) is 53.7 Å². The van der Waals surface area contributed by atoms with Gasteiger partial charge in [0, 0.05) is 5.56 Å². The highest BCUT2D eigenvalue weighted by molar-refractivity contribution is 5.79. The van der Waals surface area contributed by atoms with Crippen molar-refractivity contribution >= 4 is 6.21 Å². The van der Waals surface area contributed by atoms with Gasteiger partial charge in [-0.3, -0.25) is 0 Å². The van der Waals surface area contributed by atoms with Crippen LogP contribution in [0.25, 0.3) is 0 Å². The van der Waals surface area contributed by atoms with E-state index < -0.39 is 11.7 Å². The minimum absolute atomic E-state index is 0.0756. The number of benzene rings is 2. The summed E-state index contributed by atoms with van der Waals surface area (Å²) >= 11 is 0. The fourth-order valence-corrected chi connectivity index (χ4v) is 1.54. The van der Waals surface area contributed by atoms with Crippen LogP contribution >= 0.6 is 0 Å². The fraction of sp³-hybridized carbons (Fsp3) is 0.133. The predicted octanol–water partition coefficient (Wildman–Crippen LogP) is 4.27. The molecule has 21 heavy (non-hydrogen) atoms. The average molecular weight is 296 g/mol. The molecule has 1 radical (unpaired) electrons. The highest BCUT2D eigenvalue weighted by atomic mass is 19.4. The largest absolute Gasteiger partial charge is 0.416 e. The Morgan fingerprint density at radius 2 is 1.76 bits per heavy atom. The lowest BCUT2D eigenvalue weighted by Crippen LogP contribution is -2.05. The van der Waals surface area contributed by atoms with Crippen molar-refractivity contribution in [3.63, 3.8) is 0 Å². The maximum absolute atomic E-state index is 12.7. The van der Waals surface area contributed by atoms with Gasteiger partial charge < -0.3 is 4.84 Å². The third-order valence-electron chi connectivity index (χ3n) is 2.57. The van der Waals surface area contributed by atoms with Crippen molar-refractivity contribution in [2.75, 3.05) is 0 Å². The highest BCUT2D eigenvalue weighted by Gasteiger charge is 2.30. The molecule has 0 aliphatic carbocycles. The first-order valence-electron chi connectivity index (χ1n) is 5.95. The summed E-state index contributed by atoms with van der Waals surface area (Å²) in [6.45, 7) is 0.0756. The van der Waals surface area contributed by atoms with Crippen molar-refractivity contribution in [3.8, 4) is 0 Å². The molecule has 0 bridgehead atoms. The van der Waals surface area contributed by atoms with Crippen LogP contribution in [0, 0.1) is 5.82 Å². The van der Waals surface area contributed by atoms with E-state index in [1.807, 2.05) is 0 Å².